The number of aromatic amines is 1. The Hall–Kier alpha value is -3.36. The van der Waals surface area contributed by atoms with Crippen LogP contribution in [0.15, 0.2) is 31.5 Å². The van der Waals surface area contributed by atoms with Crippen molar-refractivity contribution in [1.82, 2.24) is 19.9 Å². The Labute approximate surface area is 144 Å². The van der Waals surface area contributed by atoms with Crippen LogP contribution < -0.4 is 14.8 Å². The zero-order chi connectivity index (χ0) is 18.2. The predicted molar refractivity (Wildman–Crippen MR) is 91.4 cm³/mol. The Kier molecular flexibility index (Phi) is 6.10. The lowest BCUT2D eigenvalue weighted by Gasteiger charge is -2.09. The fraction of sp³-hybridized carbons (Fsp3) is 0.250. The number of nitrogens with zero attached hydrogens (tertiary/aromatic N) is 3. The number of nitrogens with one attached hydrogen (secondary N) is 2. The van der Waals surface area contributed by atoms with Gasteiger partial charge in [-0.15, -0.1) is 4.98 Å². The summed E-state index contributed by atoms with van der Waals surface area (Å²) in [6.07, 6.45) is 4.73. The van der Waals surface area contributed by atoms with Gasteiger partial charge < -0.3 is 24.5 Å². The van der Waals surface area contributed by atoms with Crippen molar-refractivity contribution in [1.29, 1.82) is 0 Å². The van der Waals surface area contributed by atoms with Gasteiger partial charge in [0.25, 0.3) is 0 Å². The number of rotatable bonds is 9. The fourth-order valence-corrected chi connectivity index (χ4v) is 1.90. The van der Waals surface area contributed by atoms with Crippen LogP contribution in [0.25, 0.3) is 0 Å². The number of methoxy groups -OCH3 is 1. The van der Waals surface area contributed by atoms with Crippen molar-refractivity contribution in [3.63, 3.8) is 0 Å². The second-order valence-corrected chi connectivity index (χ2v) is 4.74. The van der Waals surface area contributed by atoms with Gasteiger partial charge in [-0.25, -0.2) is 4.79 Å². The first kappa shape index (κ1) is 18.0. The van der Waals surface area contributed by atoms with E-state index in [1.807, 2.05) is 0 Å². The minimum atomic E-state index is -0.485. The Balaban J connectivity index is 2.33. The maximum Gasteiger partial charge on any atom is 0.341 e. The molecule has 2 N–H and O–H groups in total. The molecule has 2 rings (SSSR count). The van der Waals surface area contributed by atoms with Crippen molar-refractivity contribution in [2.24, 2.45) is 0 Å². The van der Waals surface area contributed by atoms with Gasteiger partial charge in [0.05, 0.1) is 12.8 Å². The van der Waals surface area contributed by atoms with E-state index in [2.05, 4.69) is 38.4 Å². The van der Waals surface area contributed by atoms with Crippen molar-refractivity contribution >= 4 is 17.6 Å². The molecule has 0 amide bonds. The quantitative estimate of drug-likeness (QED) is 0.525. The minimum absolute atomic E-state index is 0.0586. The van der Waals surface area contributed by atoms with Crippen molar-refractivity contribution in [2.45, 2.75) is 6.92 Å². The average Bonchev–Trinajstić information content (AvgIpc) is 2.97. The van der Waals surface area contributed by atoms with E-state index in [1.165, 1.54) is 7.11 Å². The molecular formula is C16H19N5O4. The molecule has 2 aromatic heterocycles. The SMILES string of the molecule is C=CCOc1nc(Nc2c[nH]c(C)c2C(=O)OC)nc(OCC=C)n1. The second kappa shape index (κ2) is 8.48. The molecule has 0 atom stereocenters. The molecule has 2 heterocycles. The maximum atomic E-state index is 11.9. The van der Waals surface area contributed by atoms with Crippen LogP contribution in [0, 0.1) is 6.92 Å². The molecule has 0 aromatic carbocycles. The van der Waals surface area contributed by atoms with Crippen LogP contribution in [0.3, 0.4) is 0 Å². The Morgan fingerprint density at radius 2 is 1.80 bits per heavy atom. The molecule has 0 unspecified atom stereocenters. The lowest BCUT2D eigenvalue weighted by molar-refractivity contribution is 0.0601. The van der Waals surface area contributed by atoms with E-state index in [9.17, 15) is 4.79 Å². The van der Waals surface area contributed by atoms with E-state index in [-0.39, 0.29) is 31.2 Å². The smallest absolute Gasteiger partial charge is 0.341 e. The number of anilines is 2. The number of aromatic nitrogens is 4. The monoisotopic (exact) mass is 345 g/mol. The number of esters is 1. The van der Waals surface area contributed by atoms with E-state index >= 15 is 0 Å². The highest BCUT2D eigenvalue weighted by molar-refractivity contribution is 5.97. The van der Waals surface area contributed by atoms with E-state index in [4.69, 9.17) is 14.2 Å². The molecule has 0 aliphatic rings. The zero-order valence-corrected chi connectivity index (χ0v) is 14.0. The molecule has 0 bridgehead atoms. The third-order valence-electron chi connectivity index (χ3n) is 2.97. The van der Waals surface area contributed by atoms with Gasteiger partial charge in [0.2, 0.25) is 5.95 Å². The normalized spacial score (nSPS) is 10.0. The predicted octanol–water partition coefficient (Wildman–Crippen LogP) is 2.17. The molecule has 0 fully saturated rings. The summed E-state index contributed by atoms with van der Waals surface area (Å²) in [6, 6.07) is 0.117. The number of carbonyl (C=O) groups is 1. The van der Waals surface area contributed by atoms with Crippen molar-refractivity contribution in [3.8, 4) is 12.0 Å². The lowest BCUT2D eigenvalue weighted by atomic mass is 10.2. The number of hydrogen-bond acceptors (Lipinski definition) is 8. The molecule has 0 radical (unpaired) electrons. The molecule has 9 nitrogen and oxygen atoms in total. The Bertz CT molecular complexity index is 742. The summed E-state index contributed by atoms with van der Waals surface area (Å²) in [5, 5.41) is 2.94. The third-order valence-corrected chi connectivity index (χ3v) is 2.97. The summed E-state index contributed by atoms with van der Waals surface area (Å²) in [5.74, 6) is -0.334. The molecule has 9 heteroatoms. The van der Waals surface area contributed by atoms with Crippen LogP contribution in [0.1, 0.15) is 16.1 Å². The van der Waals surface area contributed by atoms with Crippen molar-refractivity contribution in [2.75, 3.05) is 25.6 Å². The van der Waals surface area contributed by atoms with Gasteiger partial charge in [0, 0.05) is 11.9 Å². The van der Waals surface area contributed by atoms with E-state index in [0.717, 1.165) is 0 Å². The van der Waals surface area contributed by atoms with Gasteiger partial charge in [-0.2, -0.15) is 9.97 Å². The molecule has 132 valence electrons. The van der Waals surface area contributed by atoms with Gasteiger partial charge in [-0.05, 0) is 6.92 Å². The molecule has 0 aliphatic carbocycles. The number of H-pyrrole nitrogens is 1. The van der Waals surface area contributed by atoms with E-state index in [1.54, 1.807) is 25.3 Å². The second-order valence-electron chi connectivity index (χ2n) is 4.74. The Morgan fingerprint density at radius 3 is 2.32 bits per heavy atom. The molecule has 0 spiro atoms. The van der Waals surface area contributed by atoms with E-state index in [0.29, 0.717) is 16.9 Å². The highest BCUT2D eigenvalue weighted by Crippen LogP contribution is 2.24. The van der Waals surface area contributed by atoms with Crippen molar-refractivity contribution in [3.05, 3.63) is 42.8 Å². The van der Waals surface area contributed by atoms with Gasteiger partial charge in [-0.1, -0.05) is 25.3 Å². The molecule has 0 aliphatic heterocycles. The summed E-state index contributed by atoms with van der Waals surface area (Å²) in [6.45, 7) is 9.34. The van der Waals surface area contributed by atoms with Gasteiger partial charge in [0.15, 0.2) is 0 Å². The van der Waals surface area contributed by atoms with Gasteiger partial charge in [0.1, 0.15) is 18.8 Å². The topological polar surface area (TPSA) is 111 Å². The van der Waals surface area contributed by atoms with Crippen LogP contribution in [-0.4, -0.2) is 46.2 Å². The molecule has 0 saturated carbocycles. The Morgan fingerprint density at radius 1 is 1.20 bits per heavy atom. The van der Waals surface area contributed by atoms with E-state index < -0.39 is 5.97 Å². The number of aryl methyl sites for hydroxylation is 1. The number of hydrogen-bond donors (Lipinski definition) is 2. The van der Waals surface area contributed by atoms with Crippen molar-refractivity contribution < 1.29 is 19.0 Å². The standard InChI is InChI=1S/C16H19N5O4/c1-5-7-24-15-19-14(20-16(21-15)25-8-6-2)18-11-9-17-10(3)12(11)13(22)23-4/h5-6,9,17H,1-2,7-8H2,3-4H3,(H,18,19,20,21). The van der Waals surface area contributed by atoms with Crippen LogP contribution in [0.4, 0.5) is 11.6 Å². The maximum absolute atomic E-state index is 11.9. The summed E-state index contributed by atoms with van der Waals surface area (Å²) >= 11 is 0. The van der Waals surface area contributed by atoms with Crippen LogP contribution >= 0.6 is 0 Å². The third kappa shape index (κ3) is 4.56. The van der Waals surface area contributed by atoms with Crippen LogP contribution in [0.5, 0.6) is 12.0 Å². The molecule has 0 saturated heterocycles. The van der Waals surface area contributed by atoms with Gasteiger partial charge >= 0.3 is 18.0 Å². The largest absolute Gasteiger partial charge is 0.465 e. The van der Waals surface area contributed by atoms with Gasteiger partial charge in [-0.3, -0.25) is 0 Å². The minimum Gasteiger partial charge on any atom is -0.465 e. The lowest BCUT2D eigenvalue weighted by Crippen LogP contribution is -2.09. The molecular weight excluding hydrogens is 326 g/mol. The molecule has 2 aromatic rings. The number of carbonyl (C=O) groups excluding carboxylic acids is 1. The highest BCUT2D eigenvalue weighted by atomic mass is 16.5. The summed E-state index contributed by atoms with van der Waals surface area (Å²) < 4.78 is 15.4. The summed E-state index contributed by atoms with van der Waals surface area (Å²) in [7, 11) is 1.31. The first-order chi connectivity index (χ1) is 12.1. The number of ether oxygens (including phenoxy) is 3. The van der Waals surface area contributed by atoms with Crippen LogP contribution in [-0.2, 0) is 4.74 Å². The fourth-order valence-electron chi connectivity index (χ4n) is 1.90. The first-order valence-electron chi connectivity index (χ1n) is 7.35. The zero-order valence-electron chi connectivity index (χ0n) is 14.0. The summed E-state index contributed by atoms with van der Waals surface area (Å²) in [5.41, 5.74) is 1.46. The highest BCUT2D eigenvalue weighted by Gasteiger charge is 2.18. The molecule has 25 heavy (non-hydrogen) atoms. The first-order valence-corrected chi connectivity index (χ1v) is 7.35. The summed E-state index contributed by atoms with van der Waals surface area (Å²) in [4.78, 5) is 27.2. The van der Waals surface area contributed by atoms with Crippen LogP contribution in [0.2, 0.25) is 0 Å². The average molecular weight is 345 g/mol.